The van der Waals surface area contributed by atoms with Crippen LogP contribution in [0.5, 0.6) is 17.2 Å². The summed E-state index contributed by atoms with van der Waals surface area (Å²) >= 11 is 0. The smallest absolute Gasteiger partial charge is 0.389 e. The third-order valence-corrected chi connectivity index (χ3v) is 2.66. The molecule has 0 unspecified atom stereocenters. The number of rotatable bonds is 5. The fourth-order valence-corrected chi connectivity index (χ4v) is 1.71. The molecule has 0 fully saturated rings. The van der Waals surface area contributed by atoms with Crippen LogP contribution in [-0.4, -0.2) is 25.5 Å². The number of nitrogens with two attached hydrogens (primary N) is 1. The monoisotopic (exact) mass is 315 g/mol. The van der Waals surface area contributed by atoms with Gasteiger partial charge in [-0.1, -0.05) is 0 Å². The van der Waals surface area contributed by atoms with Gasteiger partial charge in [-0.25, -0.2) is 0 Å². The van der Waals surface area contributed by atoms with Crippen molar-refractivity contribution in [3.8, 4) is 17.2 Å². The molecule has 0 saturated heterocycles. The zero-order valence-electron chi connectivity index (χ0n) is 11.0. The number of hydrogen-bond donors (Lipinski definition) is 2. The minimum absolute atomic E-state index is 0. The molecule has 0 heterocycles. The Morgan fingerprint density at radius 2 is 1.85 bits per heavy atom. The van der Waals surface area contributed by atoms with Gasteiger partial charge in [-0.2, -0.15) is 13.2 Å². The summed E-state index contributed by atoms with van der Waals surface area (Å²) in [4.78, 5) is 0. The fourth-order valence-electron chi connectivity index (χ4n) is 1.71. The fraction of sp³-hybridized carbons (Fsp3) is 0.500. The summed E-state index contributed by atoms with van der Waals surface area (Å²) < 4.78 is 46.4. The van der Waals surface area contributed by atoms with Crippen LogP contribution in [0.25, 0.3) is 0 Å². The second-order valence-electron chi connectivity index (χ2n) is 4.02. The van der Waals surface area contributed by atoms with Crippen LogP contribution in [0.4, 0.5) is 13.2 Å². The maximum atomic E-state index is 12.2. The van der Waals surface area contributed by atoms with Gasteiger partial charge in [-0.05, 0) is 6.42 Å². The highest BCUT2D eigenvalue weighted by Crippen LogP contribution is 2.39. The number of benzene rings is 1. The van der Waals surface area contributed by atoms with Gasteiger partial charge in [0.05, 0.1) is 19.8 Å². The van der Waals surface area contributed by atoms with Gasteiger partial charge in [-0.3, -0.25) is 0 Å². The third kappa shape index (κ3) is 4.97. The molecule has 0 spiro atoms. The first-order valence-electron chi connectivity index (χ1n) is 5.55. The number of phenolic OH excluding ortho intramolecular Hbond substituents is 1. The molecule has 0 aliphatic heterocycles. The molecule has 0 aromatic heterocycles. The van der Waals surface area contributed by atoms with Crippen molar-refractivity contribution in [2.45, 2.75) is 25.1 Å². The van der Waals surface area contributed by atoms with Gasteiger partial charge in [0.15, 0.2) is 0 Å². The van der Waals surface area contributed by atoms with E-state index in [4.69, 9.17) is 15.2 Å². The molecule has 0 amide bonds. The van der Waals surface area contributed by atoms with E-state index in [2.05, 4.69) is 0 Å². The van der Waals surface area contributed by atoms with E-state index in [0.717, 1.165) is 0 Å². The average molecular weight is 316 g/mol. The van der Waals surface area contributed by atoms with Gasteiger partial charge in [0, 0.05) is 24.6 Å². The first-order valence-corrected chi connectivity index (χ1v) is 5.55. The number of aromatic hydroxyl groups is 1. The van der Waals surface area contributed by atoms with E-state index in [1.165, 1.54) is 26.4 Å². The van der Waals surface area contributed by atoms with E-state index >= 15 is 0 Å². The standard InChI is InChI=1S/C12H16F3NO3.ClH/c1-18-7-5-9(17)11(10(6-7)19-2)8(16)3-4-12(13,14)15;/h5-6,8,17H,3-4,16H2,1-2H3;1H/t8-;/m0./s1. The van der Waals surface area contributed by atoms with E-state index in [-0.39, 0.29) is 35.9 Å². The first kappa shape index (κ1) is 18.7. The van der Waals surface area contributed by atoms with Crippen LogP contribution >= 0.6 is 12.4 Å². The molecule has 0 bridgehead atoms. The highest BCUT2D eigenvalue weighted by Gasteiger charge is 2.29. The van der Waals surface area contributed by atoms with Gasteiger partial charge >= 0.3 is 6.18 Å². The predicted molar refractivity (Wildman–Crippen MR) is 70.7 cm³/mol. The SMILES string of the molecule is COc1cc(O)c([C@@H](N)CCC(F)(F)F)c(OC)c1.Cl. The molecule has 4 nitrogen and oxygen atoms in total. The Kier molecular flexibility index (Phi) is 6.95. The van der Waals surface area contributed by atoms with Crippen molar-refractivity contribution in [1.29, 1.82) is 0 Å². The lowest BCUT2D eigenvalue weighted by Gasteiger charge is -2.18. The Labute approximate surface area is 121 Å². The first-order chi connectivity index (χ1) is 8.78. The van der Waals surface area contributed by atoms with Gasteiger partial charge in [0.2, 0.25) is 0 Å². The van der Waals surface area contributed by atoms with Gasteiger partial charge in [-0.15, -0.1) is 12.4 Å². The van der Waals surface area contributed by atoms with E-state index in [9.17, 15) is 18.3 Å². The molecular formula is C12H17ClF3NO3. The van der Waals surface area contributed by atoms with Gasteiger partial charge in [0.25, 0.3) is 0 Å². The molecule has 0 radical (unpaired) electrons. The Morgan fingerprint density at radius 3 is 2.30 bits per heavy atom. The molecule has 1 atom stereocenters. The third-order valence-electron chi connectivity index (χ3n) is 2.66. The molecule has 0 aliphatic rings. The predicted octanol–water partition coefficient (Wildman–Crippen LogP) is 3.17. The maximum Gasteiger partial charge on any atom is 0.389 e. The van der Waals surface area contributed by atoms with Crippen molar-refractivity contribution in [2.24, 2.45) is 5.73 Å². The Bertz CT molecular complexity index is 441. The van der Waals surface area contributed by atoms with Crippen LogP contribution in [0, 0.1) is 0 Å². The Morgan fingerprint density at radius 1 is 1.25 bits per heavy atom. The van der Waals surface area contributed by atoms with Crippen LogP contribution in [0.3, 0.4) is 0 Å². The quantitative estimate of drug-likeness (QED) is 0.876. The molecule has 8 heteroatoms. The minimum atomic E-state index is -4.28. The summed E-state index contributed by atoms with van der Waals surface area (Å²) in [6.45, 7) is 0. The summed E-state index contributed by atoms with van der Waals surface area (Å²) in [5.74, 6) is 0.290. The molecule has 116 valence electrons. The number of ether oxygens (including phenoxy) is 2. The van der Waals surface area contributed by atoms with Crippen LogP contribution < -0.4 is 15.2 Å². The second kappa shape index (κ2) is 7.44. The van der Waals surface area contributed by atoms with Crippen LogP contribution in [-0.2, 0) is 0 Å². The zero-order valence-corrected chi connectivity index (χ0v) is 11.8. The van der Waals surface area contributed by atoms with Crippen LogP contribution in [0.2, 0.25) is 0 Å². The summed E-state index contributed by atoms with van der Waals surface area (Å²) in [7, 11) is 2.74. The van der Waals surface area contributed by atoms with Crippen molar-refractivity contribution >= 4 is 12.4 Å². The van der Waals surface area contributed by atoms with Crippen molar-refractivity contribution in [3.63, 3.8) is 0 Å². The van der Waals surface area contributed by atoms with E-state index in [1.807, 2.05) is 0 Å². The number of alkyl halides is 3. The summed E-state index contributed by atoms with van der Waals surface area (Å²) in [6.07, 6.45) is -5.64. The number of phenols is 1. The van der Waals surface area contributed by atoms with Crippen LogP contribution in [0.15, 0.2) is 12.1 Å². The van der Waals surface area contributed by atoms with E-state index < -0.39 is 18.6 Å². The lowest BCUT2D eigenvalue weighted by molar-refractivity contribution is -0.136. The molecule has 20 heavy (non-hydrogen) atoms. The molecular weight excluding hydrogens is 299 g/mol. The summed E-state index contributed by atoms with van der Waals surface area (Å²) in [5, 5.41) is 9.81. The molecule has 0 aliphatic carbocycles. The van der Waals surface area contributed by atoms with Crippen molar-refractivity contribution in [1.82, 2.24) is 0 Å². The highest BCUT2D eigenvalue weighted by molar-refractivity contribution is 5.85. The minimum Gasteiger partial charge on any atom is -0.507 e. The topological polar surface area (TPSA) is 64.7 Å². The second-order valence-corrected chi connectivity index (χ2v) is 4.02. The summed E-state index contributed by atoms with van der Waals surface area (Å²) in [5.41, 5.74) is 5.84. The Balaban J connectivity index is 0.00000361. The highest BCUT2D eigenvalue weighted by atomic mass is 35.5. The maximum absolute atomic E-state index is 12.2. The number of halogens is 4. The molecule has 3 N–H and O–H groups in total. The van der Waals surface area contributed by atoms with Gasteiger partial charge < -0.3 is 20.3 Å². The van der Waals surface area contributed by atoms with Crippen molar-refractivity contribution < 1.29 is 27.8 Å². The van der Waals surface area contributed by atoms with Gasteiger partial charge in [0.1, 0.15) is 17.2 Å². The normalized spacial score (nSPS) is 12.5. The van der Waals surface area contributed by atoms with E-state index in [1.54, 1.807) is 0 Å². The lowest BCUT2D eigenvalue weighted by atomic mass is 10.00. The molecule has 1 rings (SSSR count). The summed E-state index contributed by atoms with van der Waals surface area (Å²) in [6, 6.07) is 1.77. The molecule has 0 saturated carbocycles. The van der Waals surface area contributed by atoms with Crippen molar-refractivity contribution in [3.05, 3.63) is 17.7 Å². The van der Waals surface area contributed by atoms with Crippen molar-refractivity contribution in [2.75, 3.05) is 14.2 Å². The molecule has 1 aromatic rings. The average Bonchev–Trinajstić information content (AvgIpc) is 2.33. The number of methoxy groups -OCH3 is 2. The lowest BCUT2D eigenvalue weighted by Crippen LogP contribution is -2.16. The molecule has 1 aromatic carbocycles. The largest absolute Gasteiger partial charge is 0.507 e. The Hall–Kier alpha value is -1.34. The zero-order chi connectivity index (χ0) is 14.6. The van der Waals surface area contributed by atoms with E-state index in [0.29, 0.717) is 5.75 Å². The number of hydrogen-bond acceptors (Lipinski definition) is 4. The van der Waals surface area contributed by atoms with Crippen LogP contribution in [0.1, 0.15) is 24.4 Å².